The van der Waals surface area contributed by atoms with E-state index in [0.29, 0.717) is 5.92 Å². The smallest absolute Gasteiger partial charge is 0.243 e. The Bertz CT molecular complexity index is 621. The average Bonchev–Trinajstić information content (AvgIpc) is 2.54. The minimum absolute atomic E-state index is 0.0799. The van der Waals surface area contributed by atoms with Crippen LogP contribution >= 0.6 is 0 Å². The lowest BCUT2D eigenvalue weighted by atomic mass is 10.0. The van der Waals surface area contributed by atoms with E-state index in [2.05, 4.69) is 30.5 Å². The molecule has 1 amide bonds. The van der Waals surface area contributed by atoms with Gasteiger partial charge in [0.15, 0.2) is 0 Å². The number of hydrogen-bond acceptors (Lipinski definition) is 3. The predicted molar refractivity (Wildman–Crippen MR) is 90.6 cm³/mol. The summed E-state index contributed by atoms with van der Waals surface area (Å²) in [5.41, 5.74) is 2.96. The summed E-state index contributed by atoms with van der Waals surface area (Å²) in [4.78, 5) is 12.0. The molecule has 0 unspecified atom stereocenters. The summed E-state index contributed by atoms with van der Waals surface area (Å²) in [7, 11) is 1.61. The van der Waals surface area contributed by atoms with E-state index in [-0.39, 0.29) is 12.5 Å². The number of anilines is 2. The van der Waals surface area contributed by atoms with Crippen LogP contribution in [-0.2, 0) is 4.79 Å². The van der Waals surface area contributed by atoms with Gasteiger partial charge in [0.25, 0.3) is 0 Å². The van der Waals surface area contributed by atoms with Crippen molar-refractivity contribution in [2.75, 3.05) is 24.3 Å². The van der Waals surface area contributed by atoms with Gasteiger partial charge in [0.05, 0.1) is 13.7 Å². The molecular formula is C18H22N2O2. The quantitative estimate of drug-likeness (QED) is 0.851. The van der Waals surface area contributed by atoms with Crippen molar-refractivity contribution in [3.05, 3.63) is 54.1 Å². The van der Waals surface area contributed by atoms with Crippen LogP contribution in [0.25, 0.3) is 0 Å². The molecule has 0 heterocycles. The van der Waals surface area contributed by atoms with E-state index in [0.717, 1.165) is 17.1 Å². The van der Waals surface area contributed by atoms with Gasteiger partial charge in [0, 0.05) is 11.4 Å². The van der Waals surface area contributed by atoms with Crippen molar-refractivity contribution in [3.8, 4) is 5.75 Å². The van der Waals surface area contributed by atoms with E-state index in [4.69, 9.17) is 4.74 Å². The highest BCUT2D eigenvalue weighted by Crippen LogP contribution is 2.23. The second-order valence-corrected chi connectivity index (χ2v) is 5.37. The van der Waals surface area contributed by atoms with Crippen LogP contribution in [0.2, 0.25) is 0 Å². The summed E-state index contributed by atoms with van der Waals surface area (Å²) in [6.07, 6.45) is 0. The summed E-state index contributed by atoms with van der Waals surface area (Å²) in [5, 5.41) is 6.06. The third-order valence-corrected chi connectivity index (χ3v) is 3.40. The first-order chi connectivity index (χ1) is 10.6. The molecule has 2 aromatic rings. The summed E-state index contributed by atoms with van der Waals surface area (Å²) < 4.78 is 5.09. The van der Waals surface area contributed by atoms with Gasteiger partial charge in [0.2, 0.25) is 5.91 Å². The summed E-state index contributed by atoms with van der Waals surface area (Å²) in [5.74, 6) is 1.10. The minimum Gasteiger partial charge on any atom is -0.497 e. The minimum atomic E-state index is -0.0799. The van der Waals surface area contributed by atoms with E-state index in [1.54, 1.807) is 7.11 Å². The monoisotopic (exact) mass is 298 g/mol. The van der Waals surface area contributed by atoms with E-state index in [9.17, 15) is 4.79 Å². The lowest BCUT2D eigenvalue weighted by molar-refractivity contribution is -0.114. The highest BCUT2D eigenvalue weighted by atomic mass is 16.5. The first-order valence-electron chi connectivity index (χ1n) is 7.37. The van der Waals surface area contributed by atoms with Gasteiger partial charge in [-0.2, -0.15) is 0 Å². The molecule has 2 rings (SSSR count). The Hall–Kier alpha value is -2.49. The normalized spacial score (nSPS) is 10.4. The Morgan fingerprint density at radius 1 is 1.09 bits per heavy atom. The summed E-state index contributed by atoms with van der Waals surface area (Å²) >= 11 is 0. The Morgan fingerprint density at radius 3 is 2.41 bits per heavy atom. The van der Waals surface area contributed by atoms with E-state index >= 15 is 0 Å². The van der Waals surface area contributed by atoms with Gasteiger partial charge in [0.1, 0.15) is 5.75 Å². The fourth-order valence-corrected chi connectivity index (χ4v) is 2.22. The molecule has 0 bridgehead atoms. The van der Waals surface area contributed by atoms with Crippen molar-refractivity contribution in [1.82, 2.24) is 0 Å². The third kappa shape index (κ3) is 4.25. The molecule has 22 heavy (non-hydrogen) atoms. The summed E-state index contributed by atoms with van der Waals surface area (Å²) in [6, 6.07) is 15.3. The molecule has 0 fully saturated rings. The van der Waals surface area contributed by atoms with Crippen molar-refractivity contribution >= 4 is 17.3 Å². The fraction of sp³-hybridized carbons (Fsp3) is 0.278. The van der Waals surface area contributed by atoms with Crippen LogP contribution in [0.3, 0.4) is 0 Å². The lowest BCUT2D eigenvalue weighted by Gasteiger charge is -2.14. The van der Waals surface area contributed by atoms with Gasteiger partial charge in [-0.25, -0.2) is 0 Å². The maximum absolute atomic E-state index is 12.0. The summed E-state index contributed by atoms with van der Waals surface area (Å²) in [6.45, 7) is 4.51. The molecule has 0 aliphatic carbocycles. The predicted octanol–water partition coefficient (Wildman–Crippen LogP) is 3.87. The molecule has 0 saturated heterocycles. The standard InChI is InChI=1S/C18H22N2O2/c1-13(2)16-6-4-5-7-17(16)19-12-18(21)20-14-8-10-15(22-3)11-9-14/h4-11,13,19H,12H2,1-3H3,(H,20,21). The van der Waals surface area contributed by atoms with Gasteiger partial charge in [-0.15, -0.1) is 0 Å². The fourth-order valence-electron chi connectivity index (χ4n) is 2.22. The number of ether oxygens (including phenoxy) is 1. The zero-order valence-electron chi connectivity index (χ0n) is 13.2. The highest BCUT2D eigenvalue weighted by molar-refractivity contribution is 5.93. The van der Waals surface area contributed by atoms with Gasteiger partial charge in [-0.05, 0) is 41.8 Å². The zero-order valence-corrected chi connectivity index (χ0v) is 13.2. The number of carbonyl (C=O) groups excluding carboxylic acids is 1. The van der Waals surface area contributed by atoms with Crippen LogP contribution in [-0.4, -0.2) is 19.6 Å². The van der Waals surface area contributed by atoms with Gasteiger partial charge in [-0.3, -0.25) is 4.79 Å². The number of rotatable bonds is 6. The highest BCUT2D eigenvalue weighted by Gasteiger charge is 2.07. The van der Waals surface area contributed by atoms with Crippen molar-refractivity contribution in [2.45, 2.75) is 19.8 Å². The van der Waals surface area contributed by atoms with Crippen LogP contribution in [0.5, 0.6) is 5.75 Å². The Labute approximate surface area is 131 Å². The van der Waals surface area contributed by atoms with Crippen molar-refractivity contribution in [1.29, 1.82) is 0 Å². The Balaban J connectivity index is 1.92. The lowest BCUT2D eigenvalue weighted by Crippen LogP contribution is -2.22. The molecule has 2 aromatic carbocycles. The molecule has 116 valence electrons. The molecule has 2 N–H and O–H groups in total. The molecule has 4 nitrogen and oxygen atoms in total. The van der Waals surface area contributed by atoms with Crippen molar-refractivity contribution in [3.63, 3.8) is 0 Å². The van der Waals surface area contributed by atoms with Gasteiger partial charge in [-0.1, -0.05) is 32.0 Å². The van der Waals surface area contributed by atoms with Crippen molar-refractivity contribution < 1.29 is 9.53 Å². The second kappa shape index (κ2) is 7.50. The van der Waals surface area contributed by atoms with Crippen molar-refractivity contribution in [2.24, 2.45) is 0 Å². The SMILES string of the molecule is COc1ccc(NC(=O)CNc2ccccc2C(C)C)cc1. The first-order valence-corrected chi connectivity index (χ1v) is 7.37. The van der Waals surface area contributed by atoms with Gasteiger partial charge >= 0.3 is 0 Å². The van der Waals surface area contributed by atoms with E-state index < -0.39 is 0 Å². The molecule has 0 aliphatic rings. The molecule has 0 spiro atoms. The Kier molecular flexibility index (Phi) is 5.42. The van der Waals surface area contributed by atoms with Gasteiger partial charge < -0.3 is 15.4 Å². The number of hydrogen-bond donors (Lipinski definition) is 2. The number of amides is 1. The number of para-hydroxylation sites is 1. The van der Waals surface area contributed by atoms with E-state index in [1.165, 1.54) is 5.56 Å². The van der Waals surface area contributed by atoms with Crippen LogP contribution in [0.15, 0.2) is 48.5 Å². The number of methoxy groups -OCH3 is 1. The molecule has 0 aliphatic heterocycles. The second-order valence-electron chi connectivity index (χ2n) is 5.37. The molecule has 0 atom stereocenters. The third-order valence-electron chi connectivity index (χ3n) is 3.40. The maximum atomic E-state index is 12.0. The number of benzene rings is 2. The topological polar surface area (TPSA) is 50.4 Å². The Morgan fingerprint density at radius 2 is 1.77 bits per heavy atom. The van der Waals surface area contributed by atoms with Crippen LogP contribution < -0.4 is 15.4 Å². The largest absolute Gasteiger partial charge is 0.497 e. The zero-order chi connectivity index (χ0) is 15.9. The molecular weight excluding hydrogens is 276 g/mol. The average molecular weight is 298 g/mol. The van der Waals surface area contributed by atoms with Crippen LogP contribution in [0.4, 0.5) is 11.4 Å². The molecule has 4 heteroatoms. The molecule has 0 saturated carbocycles. The van der Waals surface area contributed by atoms with E-state index in [1.807, 2.05) is 42.5 Å². The molecule has 0 radical (unpaired) electrons. The number of nitrogens with one attached hydrogen (secondary N) is 2. The maximum Gasteiger partial charge on any atom is 0.243 e. The van der Waals surface area contributed by atoms with Crippen LogP contribution in [0, 0.1) is 0 Å². The molecule has 0 aromatic heterocycles. The number of carbonyl (C=O) groups is 1. The van der Waals surface area contributed by atoms with Crippen LogP contribution in [0.1, 0.15) is 25.3 Å². The first kappa shape index (κ1) is 15.9.